The summed E-state index contributed by atoms with van der Waals surface area (Å²) in [5, 5.41) is 7.15. The van der Waals surface area contributed by atoms with Crippen LogP contribution in [0.1, 0.15) is 25.0 Å². The lowest BCUT2D eigenvalue weighted by Crippen LogP contribution is -2.15. The lowest BCUT2D eigenvalue weighted by Gasteiger charge is -2.28. The monoisotopic (exact) mass is 627 g/mol. The largest absolute Gasteiger partial charge is 0.456 e. The van der Waals surface area contributed by atoms with Crippen molar-refractivity contribution in [3.05, 3.63) is 175 Å². The van der Waals surface area contributed by atoms with Crippen LogP contribution in [0.3, 0.4) is 0 Å². The molecule has 0 saturated heterocycles. The highest BCUT2D eigenvalue weighted by Gasteiger charge is 2.35. The maximum Gasteiger partial charge on any atom is 0.136 e. The standard InChI is InChI=1S/C47H33NO/c1-47(2)43-17-8-6-15-38(43)41-28-36(22-24-44(41)47)48(34-14-10-13-31(25-34)30-11-4-3-5-12-30)35-21-23-37-32(26-35)19-20-33-27-46-42(29-40(33)37)39-16-7-9-18-45(39)49-46/h3-29H,1-2H3. The molecule has 2 nitrogen and oxygen atoms in total. The summed E-state index contributed by atoms with van der Waals surface area (Å²) >= 11 is 0. The van der Waals surface area contributed by atoms with Crippen LogP contribution in [0.25, 0.3) is 65.7 Å². The van der Waals surface area contributed by atoms with Crippen LogP contribution < -0.4 is 4.90 Å². The second-order valence-corrected chi connectivity index (χ2v) is 13.8. The van der Waals surface area contributed by atoms with Gasteiger partial charge in [0, 0.05) is 33.2 Å². The van der Waals surface area contributed by atoms with Crippen molar-refractivity contribution in [1.29, 1.82) is 0 Å². The third-order valence-electron chi connectivity index (χ3n) is 10.6. The Morgan fingerprint density at radius 2 is 1.10 bits per heavy atom. The molecule has 1 heterocycles. The molecule has 0 amide bonds. The molecular formula is C47H33NO. The van der Waals surface area contributed by atoms with Crippen molar-refractivity contribution in [3.8, 4) is 22.3 Å². The van der Waals surface area contributed by atoms with Gasteiger partial charge in [0.1, 0.15) is 11.2 Å². The zero-order valence-corrected chi connectivity index (χ0v) is 27.4. The summed E-state index contributed by atoms with van der Waals surface area (Å²) in [6, 6.07) is 59.6. The van der Waals surface area contributed by atoms with Crippen molar-refractivity contribution in [3.63, 3.8) is 0 Å². The van der Waals surface area contributed by atoms with Crippen LogP contribution in [0.2, 0.25) is 0 Å². The molecule has 0 spiro atoms. The minimum atomic E-state index is -0.0434. The molecule has 0 saturated carbocycles. The zero-order chi connectivity index (χ0) is 32.7. The van der Waals surface area contributed by atoms with Crippen LogP contribution in [0.4, 0.5) is 17.1 Å². The number of furan rings is 1. The molecule has 2 heteroatoms. The minimum Gasteiger partial charge on any atom is -0.456 e. The lowest BCUT2D eigenvalue weighted by atomic mass is 9.82. The van der Waals surface area contributed by atoms with E-state index in [-0.39, 0.29) is 5.41 Å². The number of para-hydroxylation sites is 1. The van der Waals surface area contributed by atoms with E-state index >= 15 is 0 Å². The van der Waals surface area contributed by atoms with Crippen LogP contribution in [0, 0.1) is 0 Å². The summed E-state index contributed by atoms with van der Waals surface area (Å²) in [7, 11) is 0. The van der Waals surface area contributed by atoms with Crippen LogP contribution in [0.5, 0.6) is 0 Å². The van der Waals surface area contributed by atoms with E-state index in [0.717, 1.165) is 39.0 Å². The fraction of sp³-hybridized carbons (Fsp3) is 0.0638. The highest BCUT2D eigenvalue weighted by Crippen LogP contribution is 2.51. The van der Waals surface area contributed by atoms with Crippen LogP contribution >= 0.6 is 0 Å². The molecule has 49 heavy (non-hydrogen) atoms. The fourth-order valence-corrected chi connectivity index (χ4v) is 8.16. The molecule has 0 N–H and O–H groups in total. The number of nitrogens with zero attached hydrogens (tertiary/aromatic N) is 1. The minimum absolute atomic E-state index is 0.0434. The van der Waals surface area contributed by atoms with Gasteiger partial charge < -0.3 is 9.32 Å². The van der Waals surface area contributed by atoms with Crippen molar-refractivity contribution in [1.82, 2.24) is 0 Å². The highest BCUT2D eigenvalue weighted by molar-refractivity contribution is 6.16. The number of hydrogen-bond donors (Lipinski definition) is 0. The molecule has 8 aromatic carbocycles. The van der Waals surface area contributed by atoms with E-state index in [2.05, 4.69) is 170 Å². The summed E-state index contributed by atoms with van der Waals surface area (Å²) in [4.78, 5) is 2.41. The first-order valence-corrected chi connectivity index (χ1v) is 17.0. The molecule has 1 aliphatic carbocycles. The Bertz CT molecular complexity index is 2750. The molecule has 9 aromatic rings. The molecule has 0 unspecified atom stereocenters. The van der Waals surface area contributed by atoms with Gasteiger partial charge >= 0.3 is 0 Å². The van der Waals surface area contributed by atoms with Gasteiger partial charge in [-0.25, -0.2) is 0 Å². The van der Waals surface area contributed by atoms with Gasteiger partial charge in [0.2, 0.25) is 0 Å². The van der Waals surface area contributed by atoms with Crippen LogP contribution in [-0.4, -0.2) is 0 Å². The molecule has 0 fully saturated rings. The quantitative estimate of drug-likeness (QED) is 0.181. The highest BCUT2D eigenvalue weighted by atomic mass is 16.3. The van der Waals surface area contributed by atoms with E-state index in [9.17, 15) is 0 Å². The van der Waals surface area contributed by atoms with E-state index < -0.39 is 0 Å². The molecule has 0 atom stereocenters. The number of fused-ring (bicyclic) bond motifs is 9. The molecule has 0 bridgehead atoms. The molecule has 0 aliphatic heterocycles. The average molecular weight is 628 g/mol. The molecule has 1 aliphatic rings. The van der Waals surface area contributed by atoms with Crippen LogP contribution in [-0.2, 0) is 5.41 Å². The van der Waals surface area contributed by atoms with Gasteiger partial charge in [-0.2, -0.15) is 0 Å². The Hall–Kier alpha value is -6.12. The van der Waals surface area contributed by atoms with Gasteiger partial charge in [0.05, 0.1) is 0 Å². The van der Waals surface area contributed by atoms with Gasteiger partial charge in [-0.3, -0.25) is 0 Å². The van der Waals surface area contributed by atoms with E-state index in [0.29, 0.717) is 0 Å². The van der Waals surface area contributed by atoms with Gasteiger partial charge in [0.25, 0.3) is 0 Å². The Labute approximate surface area is 285 Å². The summed E-state index contributed by atoms with van der Waals surface area (Å²) in [6.07, 6.45) is 0. The molecular weight excluding hydrogens is 595 g/mol. The lowest BCUT2D eigenvalue weighted by molar-refractivity contribution is 0.660. The third kappa shape index (κ3) is 4.27. The molecule has 232 valence electrons. The number of rotatable bonds is 4. The first-order chi connectivity index (χ1) is 24.0. The maximum absolute atomic E-state index is 6.22. The zero-order valence-electron chi connectivity index (χ0n) is 27.4. The normalized spacial score (nSPS) is 13.3. The second-order valence-electron chi connectivity index (χ2n) is 13.8. The smallest absolute Gasteiger partial charge is 0.136 e. The second kappa shape index (κ2) is 10.4. The molecule has 10 rings (SSSR count). The Balaban J connectivity index is 1.18. The average Bonchev–Trinajstić information content (AvgIpc) is 3.62. The predicted octanol–water partition coefficient (Wildman–Crippen LogP) is 13.3. The molecule has 1 aromatic heterocycles. The Kier molecular flexibility index (Phi) is 5.95. The third-order valence-corrected chi connectivity index (χ3v) is 10.6. The summed E-state index contributed by atoms with van der Waals surface area (Å²) in [6.45, 7) is 4.68. The SMILES string of the molecule is CC1(C)c2ccccc2-c2cc(N(c3cccc(-c4ccccc4)c3)c3ccc4c(ccc5cc6oc7ccccc7c6cc54)c3)ccc21. The van der Waals surface area contributed by atoms with Gasteiger partial charge in [-0.05, 0) is 110 Å². The van der Waals surface area contributed by atoms with E-state index in [1.54, 1.807) is 0 Å². The fourth-order valence-electron chi connectivity index (χ4n) is 8.16. The summed E-state index contributed by atoms with van der Waals surface area (Å²) in [5.41, 5.74) is 13.0. The van der Waals surface area contributed by atoms with Gasteiger partial charge in [-0.15, -0.1) is 0 Å². The van der Waals surface area contributed by atoms with E-state index in [1.807, 2.05) is 12.1 Å². The van der Waals surface area contributed by atoms with Crippen molar-refractivity contribution in [2.45, 2.75) is 19.3 Å². The number of hydrogen-bond acceptors (Lipinski definition) is 2. The predicted molar refractivity (Wildman–Crippen MR) is 206 cm³/mol. The summed E-state index contributed by atoms with van der Waals surface area (Å²) in [5.74, 6) is 0. The van der Waals surface area contributed by atoms with Crippen molar-refractivity contribution >= 4 is 60.5 Å². The van der Waals surface area contributed by atoms with Crippen molar-refractivity contribution in [2.24, 2.45) is 0 Å². The Morgan fingerprint density at radius 3 is 2.00 bits per heavy atom. The van der Waals surface area contributed by atoms with Crippen molar-refractivity contribution < 1.29 is 4.42 Å². The first kappa shape index (κ1) is 27.9. The van der Waals surface area contributed by atoms with Crippen LogP contribution in [0.15, 0.2) is 168 Å². The van der Waals surface area contributed by atoms with Crippen molar-refractivity contribution in [2.75, 3.05) is 4.90 Å². The number of benzene rings is 8. The van der Waals surface area contributed by atoms with Gasteiger partial charge in [-0.1, -0.05) is 123 Å². The maximum atomic E-state index is 6.22. The van der Waals surface area contributed by atoms with E-state index in [1.165, 1.54) is 54.9 Å². The Morgan fingerprint density at radius 1 is 0.408 bits per heavy atom. The van der Waals surface area contributed by atoms with Gasteiger partial charge in [0.15, 0.2) is 0 Å². The topological polar surface area (TPSA) is 16.4 Å². The first-order valence-electron chi connectivity index (χ1n) is 17.0. The number of anilines is 3. The molecule has 0 radical (unpaired) electrons. The van der Waals surface area contributed by atoms with E-state index in [4.69, 9.17) is 4.42 Å². The summed E-state index contributed by atoms with van der Waals surface area (Å²) < 4.78 is 6.22.